The Morgan fingerprint density at radius 1 is 1.00 bits per heavy atom. The Morgan fingerprint density at radius 3 is 2.57 bits per heavy atom. The molecule has 21 heavy (non-hydrogen) atoms. The summed E-state index contributed by atoms with van der Waals surface area (Å²) in [4.78, 5) is 15.9. The highest BCUT2D eigenvalue weighted by Gasteiger charge is 2.08. The number of pyridine rings is 1. The molecule has 0 aliphatic heterocycles. The van der Waals surface area contributed by atoms with Crippen LogP contribution in [0.2, 0.25) is 0 Å². The summed E-state index contributed by atoms with van der Waals surface area (Å²) in [5.74, 6) is 0.144. The number of hydrogen-bond acceptors (Lipinski definition) is 6. The summed E-state index contributed by atoms with van der Waals surface area (Å²) < 4.78 is 13.6. The van der Waals surface area contributed by atoms with E-state index in [0.29, 0.717) is 5.82 Å². The molecule has 0 saturated heterocycles. The lowest BCUT2D eigenvalue weighted by atomic mass is 10.2. The minimum absolute atomic E-state index is 0.0563. The van der Waals surface area contributed by atoms with Crippen LogP contribution in [0.5, 0.6) is 0 Å². The van der Waals surface area contributed by atoms with Crippen molar-refractivity contribution in [1.82, 2.24) is 19.9 Å². The van der Waals surface area contributed by atoms with E-state index in [9.17, 15) is 4.39 Å². The normalized spacial score (nSPS) is 10.3. The Morgan fingerprint density at radius 2 is 1.81 bits per heavy atom. The van der Waals surface area contributed by atoms with Crippen LogP contribution in [-0.4, -0.2) is 19.9 Å². The molecule has 6 nitrogen and oxygen atoms in total. The van der Waals surface area contributed by atoms with E-state index in [-0.39, 0.29) is 17.6 Å². The maximum absolute atomic E-state index is 13.6. The van der Waals surface area contributed by atoms with E-state index in [1.807, 2.05) is 30.3 Å². The van der Waals surface area contributed by atoms with Gasteiger partial charge in [0.05, 0.1) is 11.9 Å². The summed E-state index contributed by atoms with van der Waals surface area (Å²) in [6, 6.07) is 10.8. The number of benzene rings is 1. The molecule has 0 amide bonds. The number of halogens is 1. The average molecular weight is 282 g/mol. The fourth-order valence-corrected chi connectivity index (χ4v) is 1.76. The van der Waals surface area contributed by atoms with Crippen LogP contribution in [0.1, 0.15) is 0 Å². The largest absolute Gasteiger partial charge is 0.368 e. The molecule has 0 aliphatic carbocycles. The van der Waals surface area contributed by atoms with Gasteiger partial charge >= 0.3 is 0 Å². The summed E-state index contributed by atoms with van der Waals surface area (Å²) in [5, 5.41) is 2.77. The highest BCUT2D eigenvalue weighted by molar-refractivity contribution is 5.60. The summed E-state index contributed by atoms with van der Waals surface area (Å²) in [6.07, 6.45) is 2.57. The molecule has 1 aromatic carbocycles. The summed E-state index contributed by atoms with van der Waals surface area (Å²) in [7, 11) is 0. The van der Waals surface area contributed by atoms with Crippen molar-refractivity contribution in [2.24, 2.45) is 0 Å². The first-order chi connectivity index (χ1) is 10.2. The van der Waals surface area contributed by atoms with Crippen LogP contribution in [0.3, 0.4) is 0 Å². The molecule has 0 radical (unpaired) electrons. The van der Waals surface area contributed by atoms with Crippen LogP contribution in [0.4, 0.5) is 22.0 Å². The van der Waals surface area contributed by atoms with Gasteiger partial charge in [0.15, 0.2) is 11.6 Å². The third-order valence-corrected chi connectivity index (χ3v) is 2.70. The fourth-order valence-electron chi connectivity index (χ4n) is 1.76. The van der Waals surface area contributed by atoms with Crippen molar-refractivity contribution in [1.29, 1.82) is 0 Å². The second-order valence-corrected chi connectivity index (χ2v) is 4.19. The molecule has 0 saturated carbocycles. The number of anilines is 3. The number of aromatic nitrogens is 4. The van der Waals surface area contributed by atoms with E-state index in [0.717, 1.165) is 11.8 Å². The van der Waals surface area contributed by atoms with Gasteiger partial charge in [0, 0.05) is 11.8 Å². The van der Waals surface area contributed by atoms with E-state index in [1.54, 1.807) is 0 Å². The Balaban J connectivity index is 1.97. The maximum atomic E-state index is 13.6. The van der Waals surface area contributed by atoms with Gasteiger partial charge in [-0.3, -0.25) is 4.98 Å². The van der Waals surface area contributed by atoms with Gasteiger partial charge in [-0.1, -0.05) is 30.3 Å². The third kappa shape index (κ3) is 2.92. The Labute approximate surface area is 119 Å². The van der Waals surface area contributed by atoms with Gasteiger partial charge in [0.25, 0.3) is 0 Å². The molecular weight excluding hydrogens is 271 g/mol. The second-order valence-electron chi connectivity index (χ2n) is 4.19. The van der Waals surface area contributed by atoms with Crippen molar-refractivity contribution < 1.29 is 4.39 Å². The molecule has 3 N–H and O–H groups in total. The molecule has 7 heteroatoms. The Kier molecular flexibility index (Phi) is 3.38. The molecule has 3 rings (SSSR count). The zero-order chi connectivity index (χ0) is 14.7. The number of hydrogen-bond donors (Lipinski definition) is 2. The number of nitrogens with one attached hydrogen (secondary N) is 1. The maximum Gasteiger partial charge on any atom is 0.232 e. The van der Waals surface area contributed by atoms with Crippen LogP contribution >= 0.6 is 0 Å². The molecule has 0 unspecified atom stereocenters. The van der Waals surface area contributed by atoms with E-state index < -0.39 is 5.82 Å². The predicted octanol–water partition coefficient (Wildman–Crippen LogP) is 2.40. The van der Waals surface area contributed by atoms with Crippen molar-refractivity contribution in [3.05, 3.63) is 54.6 Å². The first-order valence-electron chi connectivity index (χ1n) is 6.16. The lowest BCUT2D eigenvalue weighted by Gasteiger charge is -2.07. The summed E-state index contributed by atoms with van der Waals surface area (Å²) in [5.41, 5.74) is 6.69. The van der Waals surface area contributed by atoms with Gasteiger partial charge in [-0.25, -0.2) is 4.39 Å². The molecular formula is C14H11FN6. The SMILES string of the molecule is Nc1nc(Nc2ccncc2F)nc(-c2ccccc2)n1. The van der Waals surface area contributed by atoms with Crippen molar-refractivity contribution in [3.8, 4) is 11.4 Å². The average Bonchev–Trinajstić information content (AvgIpc) is 2.50. The van der Waals surface area contributed by atoms with Crippen LogP contribution in [0.15, 0.2) is 48.8 Å². The van der Waals surface area contributed by atoms with Gasteiger partial charge in [-0.05, 0) is 6.07 Å². The summed E-state index contributed by atoms with van der Waals surface area (Å²) >= 11 is 0. The predicted molar refractivity (Wildman–Crippen MR) is 77.2 cm³/mol. The molecule has 0 spiro atoms. The number of rotatable bonds is 3. The van der Waals surface area contributed by atoms with E-state index in [4.69, 9.17) is 5.73 Å². The first-order valence-corrected chi connectivity index (χ1v) is 6.16. The van der Waals surface area contributed by atoms with Gasteiger partial charge in [0.2, 0.25) is 11.9 Å². The lowest BCUT2D eigenvalue weighted by Crippen LogP contribution is -2.05. The Bertz CT molecular complexity index is 762. The standard InChI is InChI=1S/C14H11FN6/c15-10-8-17-7-6-11(10)18-14-20-12(19-13(16)21-14)9-4-2-1-3-5-9/h1-8H,(H3,16,17,18,19,20,21). The smallest absolute Gasteiger partial charge is 0.232 e. The quantitative estimate of drug-likeness (QED) is 0.766. The summed E-state index contributed by atoms with van der Waals surface area (Å²) in [6.45, 7) is 0. The van der Waals surface area contributed by atoms with Crippen molar-refractivity contribution >= 4 is 17.6 Å². The minimum Gasteiger partial charge on any atom is -0.368 e. The zero-order valence-corrected chi connectivity index (χ0v) is 10.9. The molecule has 0 aliphatic rings. The van der Waals surface area contributed by atoms with Crippen molar-refractivity contribution in [2.75, 3.05) is 11.1 Å². The van der Waals surface area contributed by atoms with E-state index in [2.05, 4.69) is 25.3 Å². The van der Waals surface area contributed by atoms with Gasteiger partial charge in [-0.15, -0.1) is 0 Å². The zero-order valence-electron chi connectivity index (χ0n) is 10.9. The van der Waals surface area contributed by atoms with E-state index in [1.165, 1.54) is 12.3 Å². The highest BCUT2D eigenvalue weighted by atomic mass is 19.1. The van der Waals surface area contributed by atoms with Gasteiger partial charge in [0.1, 0.15) is 0 Å². The molecule has 104 valence electrons. The lowest BCUT2D eigenvalue weighted by molar-refractivity contribution is 0.625. The third-order valence-electron chi connectivity index (χ3n) is 2.70. The van der Waals surface area contributed by atoms with Crippen LogP contribution in [0.25, 0.3) is 11.4 Å². The van der Waals surface area contributed by atoms with Gasteiger partial charge in [-0.2, -0.15) is 15.0 Å². The molecule has 0 fully saturated rings. The van der Waals surface area contributed by atoms with Crippen molar-refractivity contribution in [2.45, 2.75) is 0 Å². The van der Waals surface area contributed by atoms with Crippen LogP contribution < -0.4 is 11.1 Å². The first kappa shape index (κ1) is 12.9. The van der Waals surface area contributed by atoms with Crippen LogP contribution in [0, 0.1) is 5.82 Å². The monoisotopic (exact) mass is 282 g/mol. The minimum atomic E-state index is -0.502. The molecule has 0 bridgehead atoms. The van der Waals surface area contributed by atoms with Crippen LogP contribution in [-0.2, 0) is 0 Å². The Hall–Kier alpha value is -3.09. The molecule has 2 aromatic heterocycles. The number of nitrogens with two attached hydrogens (primary N) is 1. The molecule has 2 heterocycles. The highest BCUT2D eigenvalue weighted by Crippen LogP contribution is 2.20. The fraction of sp³-hybridized carbons (Fsp3) is 0. The van der Waals surface area contributed by atoms with Gasteiger partial charge < -0.3 is 11.1 Å². The van der Waals surface area contributed by atoms with E-state index >= 15 is 0 Å². The molecule has 3 aromatic rings. The topological polar surface area (TPSA) is 89.6 Å². The number of nitrogen functional groups attached to an aromatic ring is 1. The molecule has 0 atom stereocenters. The van der Waals surface area contributed by atoms with Crippen molar-refractivity contribution in [3.63, 3.8) is 0 Å². The number of nitrogens with zero attached hydrogens (tertiary/aromatic N) is 4. The second kappa shape index (κ2) is 5.49.